The van der Waals surface area contributed by atoms with Crippen LogP contribution in [0.3, 0.4) is 0 Å². The van der Waals surface area contributed by atoms with Crippen LogP contribution in [-0.2, 0) is 4.74 Å². The Morgan fingerprint density at radius 3 is 2.83 bits per heavy atom. The van der Waals surface area contributed by atoms with Crippen LogP contribution in [0.5, 0.6) is 0 Å². The predicted octanol–water partition coefficient (Wildman–Crippen LogP) is 1.46. The van der Waals surface area contributed by atoms with E-state index in [0.29, 0.717) is 30.3 Å². The lowest BCUT2D eigenvalue weighted by atomic mass is 10.1. The topological polar surface area (TPSA) is 49.8 Å². The first kappa shape index (κ1) is 15.1. The lowest BCUT2D eigenvalue weighted by Crippen LogP contribution is -2.35. The fourth-order valence-corrected chi connectivity index (χ4v) is 1.78. The minimum atomic E-state index is -0.0120. The van der Waals surface area contributed by atoms with E-state index in [-0.39, 0.29) is 18.9 Å². The highest BCUT2D eigenvalue weighted by Crippen LogP contribution is 2.11. The molecule has 1 aromatic rings. The molecule has 0 bridgehead atoms. The van der Waals surface area contributed by atoms with Crippen molar-refractivity contribution in [2.75, 3.05) is 40.0 Å². The molecule has 0 atom stereocenters. The number of aliphatic hydroxyl groups is 1. The number of rotatable bonds is 8. The molecule has 100 valence electrons. The summed E-state index contributed by atoms with van der Waals surface area (Å²) in [7, 11) is 1.61. The van der Waals surface area contributed by atoms with Gasteiger partial charge >= 0.3 is 0 Å². The van der Waals surface area contributed by atoms with Crippen LogP contribution in [0.4, 0.5) is 0 Å². The number of Topliss-reactive ketones (excluding diaryl/α,β-unsaturated/α-hetero) is 1. The number of nitrogens with zero attached hydrogens (tertiary/aromatic N) is 1. The van der Waals surface area contributed by atoms with E-state index in [0.717, 1.165) is 0 Å². The Bertz CT molecular complexity index is 384. The number of benzene rings is 1. The molecule has 0 unspecified atom stereocenters. The van der Waals surface area contributed by atoms with Gasteiger partial charge in [0, 0.05) is 30.8 Å². The van der Waals surface area contributed by atoms with Crippen LogP contribution in [0.2, 0.25) is 5.02 Å². The molecule has 1 aromatic carbocycles. The van der Waals surface area contributed by atoms with Crippen molar-refractivity contribution in [3.05, 3.63) is 34.9 Å². The lowest BCUT2D eigenvalue weighted by molar-refractivity contribution is 0.0868. The third-order valence-corrected chi connectivity index (χ3v) is 2.78. The monoisotopic (exact) mass is 271 g/mol. The van der Waals surface area contributed by atoms with E-state index < -0.39 is 0 Å². The highest BCUT2D eigenvalue weighted by atomic mass is 35.5. The van der Waals surface area contributed by atoms with Crippen LogP contribution < -0.4 is 0 Å². The molecule has 0 spiro atoms. The molecule has 0 saturated heterocycles. The van der Waals surface area contributed by atoms with Crippen LogP contribution in [0.1, 0.15) is 10.4 Å². The number of aliphatic hydroxyl groups excluding tert-OH is 1. The van der Waals surface area contributed by atoms with Gasteiger partial charge in [0.05, 0.1) is 19.8 Å². The Morgan fingerprint density at radius 1 is 1.44 bits per heavy atom. The van der Waals surface area contributed by atoms with Crippen molar-refractivity contribution in [3.63, 3.8) is 0 Å². The minimum Gasteiger partial charge on any atom is -0.395 e. The fraction of sp³-hybridized carbons (Fsp3) is 0.462. The molecule has 0 saturated carbocycles. The number of hydrogen-bond acceptors (Lipinski definition) is 4. The molecular formula is C13H18ClNO3. The molecule has 0 fully saturated rings. The fourth-order valence-electron chi connectivity index (χ4n) is 1.59. The summed E-state index contributed by atoms with van der Waals surface area (Å²) < 4.78 is 4.97. The molecule has 0 radical (unpaired) electrons. The van der Waals surface area contributed by atoms with Crippen LogP contribution in [-0.4, -0.2) is 55.7 Å². The molecule has 5 heteroatoms. The maximum absolute atomic E-state index is 12.0. The van der Waals surface area contributed by atoms with Gasteiger partial charge in [-0.2, -0.15) is 0 Å². The van der Waals surface area contributed by atoms with E-state index in [9.17, 15) is 4.79 Å². The molecule has 1 N–H and O–H groups in total. The predicted molar refractivity (Wildman–Crippen MR) is 71.2 cm³/mol. The van der Waals surface area contributed by atoms with Gasteiger partial charge in [-0.25, -0.2) is 0 Å². The molecule has 0 aromatic heterocycles. The van der Waals surface area contributed by atoms with Crippen molar-refractivity contribution < 1.29 is 14.6 Å². The molecule has 0 aliphatic heterocycles. The first-order valence-corrected chi connectivity index (χ1v) is 6.16. The molecule has 0 amide bonds. The molecule has 4 nitrogen and oxygen atoms in total. The number of ketones is 1. The summed E-state index contributed by atoms with van der Waals surface area (Å²) in [5.74, 6) is -0.0120. The van der Waals surface area contributed by atoms with Crippen molar-refractivity contribution in [3.8, 4) is 0 Å². The third kappa shape index (κ3) is 5.14. The Hall–Kier alpha value is -0.940. The smallest absolute Gasteiger partial charge is 0.176 e. The average molecular weight is 272 g/mol. The van der Waals surface area contributed by atoms with Gasteiger partial charge in [0.25, 0.3) is 0 Å². The minimum absolute atomic E-state index is 0.0120. The summed E-state index contributed by atoms with van der Waals surface area (Å²) >= 11 is 5.84. The van der Waals surface area contributed by atoms with Crippen LogP contribution in [0, 0.1) is 0 Å². The van der Waals surface area contributed by atoms with Crippen molar-refractivity contribution in [1.82, 2.24) is 4.90 Å². The highest BCUT2D eigenvalue weighted by Gasteiger charge is 2.12. The van der Waals surface area contributed by atoms with Gasteiger partial charge in [-0.05, 0) is 12.1 Å². The molecule has 18 heavy (non-hydrogen) atoms. The maximum Gasteiger partial charge on any atom is 0.176 e. The van der Waals surface area contributed by atoms with Gasteiger partial charge in [0.15, 0.2) is 5.78 Å². The summed E-state index contributed by atoms with van der Waals surface area (Å²) in [6.45, 7) is 1.87. The Morgan fingerprint density at radius 2 is 2.22 bits per heavy atom. The summed E-state index contributed by atoms with van der Waals surface area (Å²) in [6.07, 6.45) is 0. The quantitative estimate of drug-likeness (QED) is 0.728. The van der Waals surface area contributed by atoms with Crippen LogP contribution >= 0.6 is 11.6 Å². The Balaban J connectivity index is 2.59. The zero-order valence-corrected chi connectivity index (χ0v) is 11.2. The molecular weight excluding hydrogens is 254 g/mol. The van der Waals surface area contributed by atoms with Gasteiger partial charge in [0.1, 0.15) is 0 Å². The Kier molecular flexibility index (Phi) is 6.90. The van der Waals surface area contributed by atoms with E-state index in [1.165, 1.54) is 0 Å². The summed E-state index contributed by atoms with van der Waals surface area (Å²) in [4.78, 5) is 13.9. The normalized spacial score (nSPS) is 10.9. The number of carbonyl (C=O) groups is 1. The van der Waals surface area contributed by atoms with E-state index in [1.54, 1.807) is 31.4 Å². The van der Waals surface area contributed by atoms with E-state index in [1.807, 2.05) is 4.90 Å². The largest absolute Gasteiger partial charge is 0.395 e. The van der Waals surface area contributed by atoms with Crippen LogP contribution in [0.15, 0.2) is 24.3 Å². The molecule has 0 aliphatic carbocycles. The number of methoxy groups -OCH3 is 1. The van der Waals surface area contributed by atoms with Crippen molar-refractivity contribution in [2.45, 2.75) is 0 Å². The van der Waals surface area contributed by atoms with E-state index in [4.69, 9.17) is 21.4 Å². The van der Waals surface area contributed by atoms with Crippen LogP contribution in [0.25, 0.3) is 0 Å². The highest BCUT2D eigenvalue weighted by molar-refractivity contribution is 6.31. The standard InChI is InChI=1S/C13H18ClNO3/c1-18-8-6-15(5-7-16)10-13(17)11-3-2-4-12(14)9-11/h2-4,9,16H,5-8,10H2,1H3. The first-order valence-electron chi connectivity index (χ1n) is 5.78. The lowest BCUT2D eigenvalue weighted by Gasteiger charge is -2.19. The van der Waals surface area contributed by atoms with Crippen molar-refractivity contribution in [1.29, 1.82) is 0 Å². The van der Waals surface area contributed by atoms with E-state index >= 15 is 0 Å². The van der Waals surface area contributed by atoms with Gasteiger partial charge in [-0.3, -0.25) is 9.69 Å². The second-order valence-electron chi connectivity index (χ2n) is 3.93. The van der Waals surface area contributed by atoms with Gasteiger partial charge in [-0.15, -0.1) is 0 Å². The summed E-state index contributed by atoms with van der Waals surface area (Å²) in [5.41, 5.74) is 0.586. The molecule has 0 aliphatic rings. The van der Waals surface area contributed by atoms with E-state index in [2.05, 4.69) is 0 Å². The van der Waals surface area contributed by atoms with Gasteiger partial charge in [-0.1, -0.05) is 23.7 Å². The third-order valence-electron chi connectivity index (χ3n) is 2.54. The SMILES string of the molecule is COCCN(CCO)CC(=O)c1cccc(Cl)c1. The second-order valence-corrected chi connectivity index (χ2v) is 4.36. The molecule has 1 rings (SSSR count). The second kappa shape index (κ2) is 8.21. The summed E-state index contributed by atoms with van der Waals surface area (Å²) in [6, 6.07) is 6.87. The summed E-state index contributed by atoms with van der Waals surface area (Å²) in [5, 5.41) is 9.50. The van der Waals surface area contributed by atoms with Gasteiger partial charge < -0.3 is 9.84 Å². The number of halogens is 1. The van der Waals surface area contributed by atoms with Crippen molar-refractivity contribution >= 4 is 17.4 Å². The average Bonchev–Trinajstić information content (AvgIpc) is 2.36. The van der Waals surface area contributed by atoms with Crippen molar-refractivity contribution in [2.24, 2.45) is 0 Å². The number of ether oxygens (including phenoxy) is 1. The first-order chi connectivity index (χ1) is 8.67. The molecule has 0 heterocycles. The zero-order chi connectivity index (χ0) is 13.4. The number of hydrogen-bond donors (Lipinski definition) is 1. The van der Waals surface area contributed by atoms with Gasteiger partial charge in [0.2, 0.25) is 0 Å². The number of carbonyl (C=O) groups excluding carboxylic acids is 1. The maximum atomic E-state index is 12.0. The zero-order valence-electron chi connectivity index (χ0n) is 10.4. The Labute approximate surface area is 112 Å².